The van der Waals surface area contributed by atoms with Crippen molar-refractivity contribution in [1.82, 2.24) is 10.7 Å². The lowest BCUT2D eigenvalue weighted by Gasteiger charge is -2.28. The molecule has 0 bridgehead atoms. The highest BCUT2D eigenvalue weighted by atomic mass is 35.5. The zero-order valence-corrected chi connectivity index (χ0v) is 20.2. The summed E-state index contributed by atoms with van der Waals surface area (Å²) in [5, 5.41) is 22.0. The van der Waals surface area contributed by atoms with E-state index in [-0.39, 0.29) is 18.1 Å². The van der Waals surface area contributed by atoms with E-state index in [4.69, 9.17) is 16.3 Å². The summed E-state index contributed by atoms with van der Waals surface area (Å²) in [6.45, 7) is 7.48. The van der Waals surface area contributed by atoms with Crippen LogP contribution >= 0.6 is 11.6 Å². The van der Waals surface area contributed by atoms with Gasteiger partial charge in [-0.25, -0.2) is 5.43 Å². The monoisotopic (exact) mass is 472 g/mol. The van der Waals surface area contributed by atoms with E-state index in [1.807, 2.05) is 36.4 Å². The van der Waals surface area contributed by atoms with Crippen LogP contribution in [-0.4, -0.2) is 48.1 Å². The molecule has 2 aromatic rings. The third-order valence-corrected chi connectivity index (χ3v) is 5.75. The number of anilines is 1. The Balaban J connectivity index is 1.43. The second-order valence-electron chi connectivity index (χ2n) is 8.86. The van der Waals surface area contributed by atoms with Crippen LogP contribution in [0.2, 0.25) is 5.02 Å². The van der Waals surface area contributed by atoms with Crippen molar-refractivity contribution in [3.8, 4) is 5.75 Å². The highest BCUT2D eigenvalue weighted by Crippen LogP contribution is 2.24. The van der Waals surface area contributed by atoms with E-state index in [2.05, 4.69) is 41.9 Å². The number of aryl methyl sites for hydroxylation is 1. The fourth-order valence-corrected chi connectivity index (χ4v) is 3.60. The third kappa shape index (κ3) is 7.74. The number of amides is 1. The maximum atomic E-state index is 11.2. The number of nitrogens with zero attached hydrogens (tertiary/aromatic N) is 1. The topological polar surface area (TPSA) is 95.0 Å². The Morgan fingerprint density at radius 1 is 1.21 bits per heavy atom. The summed E-state index contributed by atoms with van der Waals surface area (Å²) in [5.74, 6) is 0.675. The van der Waals surface area contributed by atoms with Gasteiger partial charge in [0.25, 0.3) is 0 Å². The van der Waals surface area contributed by atoms with Crippen LogP contribution in [0.5, 0.6) is 5.75 Å². The first-order valence-electron chi connectivity index (χ1n) is 11.3. The number of hydrogen-bond donors (Lipinski definition) is 4. The molecule has 0 spiro atoms. The van der Waals surface area contributed by atoms with Crippen molar-refractivity contribution < 1.29 is 14.6 Å². The molecule has 1 unspecified atom stereocenters. The van der Waals surface area contributed by atoms with Crippen LogP contribution in [0.3, 0.4) is 0 Å². The van der Waals surface area contributed by atoms with E-state index in [9.17, 15) is 9.90 Å². The van der Waals surface area contributed by atoms with Crippen LogP contribution in [0.4, 0.5) is 5.69 Å². The number of hydrogen-bond acceptors (Lipinski definition) is 6. The number of aliphatic hydroxyl groups excluding tert-OH is 1. The van der Waals surface area contributed by atoms with Crippen molar-refractivity contribution in [3.63, 3.8) is 0 Å². The lowest BCUT2D eigenvalue weighted by Crippen LogP contribution is -2.49. The predicted octanol–water partition coefficient (Wildman–Crippen LogP) is 3.74. The average Bonchev–Trinajstić information content (AvgIpc) is 2.81. The van der Waals surface area contributed by atoms with Crippen molar-refractivity contribution in [2.24, 2.45) is 5.10 Å². The molecule has 0 aromatic heterocycles. The number of hydrazone groups is 1. The first-order chi connectivity index (χ1) is 15.8. The molecule has 0 saturated carbocycles. The van der Waals surface area contributed by atoms with Gasteiger partial charge in [0.15, 0.2) is 0 Å². The molecule has 1 aliphatic heterocycles. The van der Waals surface area contributed by atoms with Crippen LogP contribution in [0, 0.1) is 0 Å². The van der Waals surface area contributed by atoms with Gasteiger partial charge in [-0.05, 0) is 55.7 Å². The van der Waals surface area contributed by atoms with Gasteiger partial charge in [-0.3, -0.25) is 4.79 Å². The van der Waals surface area contributed by atoms with Gasteiger partial charge in [-0.1, -0.05) is 36.7 Å². The highest BCUT2D eigenvalue weighted by molar-refractivity contribution is 6.30. The maximum absolute atomic E-state index is 11.2. The Hall–Kier alpha value is -2.61. The lowest BCUT2D eigenvalue weighted by molar-refractivity contribution is -0.121. The molecule has 7 nitrogen and oxygen atoms in total. The molecule has 1 amide bonds. The molecule has 1 aliphatic rings. The maximum Gasteiger partial charge on any atom is 0.240 e. The van der Waals surface area contributed by atoms with Crippen molar-refractivity contribution in [1.29, 1.82) is 0 Å². The van der Waals surface area contributed by atoms with Crippen LogP contribution < -0.4 is 20.8 Å². The summed E-state index contributed by atoms with van der Waals surface area (Å²) < 4.78 is 5.81. The largest absolute Gasteiger partial charge is 0.491 e. The Bertz CT molecular complexity index is 976. The standard InChI is InChI=1S/C25H33ClN4O3/c1-4-17-5-8-19(26)13-23(17)33-15-21(31)14-28-25(2,3)16-27-20-9-6-18(7-10-20)22-11-12-24(32)30-29-22/h5-10,13,21,27-28,31H,4,11-12,14-16H2,1-3H3,(H,30,32). The van der Waals surface area contributed by atoms with Crippen molar-refractivity contribution in [2.75, 3.05) is 25.0 Å². The van der Waals surface area contributed by atoms with E-state index >= 15 is 0 Å². The molecular formula is C25H33ClN4O3. The Morgan fingerprint density at radius 3 is 2.64 bits per heavy atom. The van der Waals surface area contributed by atoms with Crippen LogP contribution in [-0.2, 0) is 11.2 Å². The summed E-state index contributed by atoms with van der Waals surface area (Å²) in [4.78, 5) is 11.2. The van der Waals surface area contributed by atoms with Gasteiger partial charge in [0.2, 0.25) is 5.91 Å². The third-order valence-electron chi connectivity index (χ3n) is 5.51. The smallest absolute Gasteiger partial charge is 0.240 e. The lowest BCUT2D eigenvalue weighted by atomic mass is 10.0. The Labute approximate surface area is 200 Å². The number of nitrogens with one attached hydrogen (secondary N) is 3. The second kappa shape index (κ2) is 11.5. The van der Waals surface area contributed by atoms with Crippen LogP contribution in [0.25, 0.3) is 0 Å². The van der Waals surface area contributed by atoms with E-state index in [1.165, 1.54) is 0 Å². The number of aliphatic hydroxyl groups is 1. The van der Waals surface area contributed by atoms with Gasteiger partial charge in [0.05, 0.1) is 5.71 Å². The van der Waals surface area contributed by atoms with E-state index in [1.54, 1.807) is 6.07 Å². The first-order valence-corrected chi connectivity index (χ1v) is 11.7. The molecule has 0 fully saturated rings. The minimum Gasteiger partial charge on any atom is -0.491 e. The van der Waals surface area contributed by atoms with Gasteiger partial charge >= 0.3 is 0 Å². The Kier molecular flexibility index (Phi) is 8.72. The van der Waals surface area contributed by atoms with Gasteiger partial charge in [0.1, 0.15) is 18.5 Å². The van der Waals surface area contributed by atoms with Crippen molar-refractivity contribution in [2.45, 2.75) is 51.7 Å². The number of ether oxygens (including phenoxy) is 1. The van der Waals surface area contributed by atoms with Gasteiger partial charge in [0, 0.05) is 42.2 Å². The molecule has 178 valence electrons. The summed E-state index contributed by atoms with van der Waals surface area (Å²) in [6.07, 6.45) is 1.31. The number of halogens is 1. The summed E-state index contributed by atoms with van der Waals surface area (Å²) in [6, 6.07) is 13.6. The van der Waals surface area contributed by atoms with Crippen LogP contribution in [0.1, 0.15) is 44.7 Å². The fourth-order valence-electron chi connectivity index (χ4n) is 3.44. The van der Waals surface area contributed by atoms with Crippen LogP contribution in [0.15, 0.2) is 47.6 Å². The minimum atomic E-state index is -0.649. The molecule has 33 heavy (non-hydrogen) atoms. The number of benzene rings is 2. The summed E-state index contributed by atoms with van der Waals surface area (Å²) in [7, 11) is 0. The molecule has 4 N–H and O–H groups in total. The van der Waals surface area contributed by atoms with E-state index in [0.29, 0.717) is 31.0 Å². The molecule has 1 heterocycles. The molecule has 2 aromatic carbocycles. The second-order valence-corrected chi connectivity index (χ2v) is 9.30. The predicted molar refractivity (Wildman–Crippen MR) is 133 cm³/mol. The summed E-state index contributed by atoms with van der Waals surface area (Å²) in [5.41, 5.74) is 6.24. The zero-order valence-electron chi connectivity index (χ0n) is 19.5. The number of carbonyl (C=O) groups excluding carboxylic acids is 1. The van der Waals surface area contributed by atoms with E-state index in [0.717, 1.165) is 34.7 Å². The molecule has 0 saturated heterocycles. The number of β-amino-alcohol motifs (C(OH)–C–C–N with tert-alkyl or cyclic N) is 1. The van der Waals surface area contributed by atoms with E-state index < -0.39 is 6.10 Å². The molecular weight excluding hydrogens is 440 g/mol. The SMILES string of the molecule is CCc1ccc(Cl)cc1OCC(O)CNC(C)(C)CNc1ccc(C2=NNC(=O)CC2)cc1. The summed E-state index contributed by atoms with van der Waals surface area (Å²) >= 11 is 6.07. The van der Waals surface area contributed by atoms with Crippen molar-refractivity contribution in [3.05, 3.63) is 58.6 Å². The van der Waals surface area contributed by atoms with Gasteiger partial charge in [-0.15, -0.1) is 0 Å². The Morgan fingerprint density at radius 2 is 1.97 bits per heavy atom. The highest BCUT2D eigenvalue weighted by Gasteiger charge is 2.19. The zero-order chi connectivity index (χ0) is 23.8. The molecule has 0 aliphatic carbocycles. The fraction of sp³-hybridized carbons (Fsp3) is 0.440. The average molecular weight is 473 g/mol. The van der Waals surface area contributed by atoms with Gasteiger partial charge < -0.3 is 20.5 Å². The van der Waals surface area contributed by atoms with Crippen molar-refractivity contribution >= 4 is 28.9 Å². The normalized spacial score (nSPS) is 14.9. The number of rotatable bonds is 11. The quantitative estimate of drug-likeness (QED) is 0.399. The minimum absolute atomic E-state index is 0.0429. The molecule has 1 atom stereocenters. The van der Waals surface area contributed by atoms with Gasteiger partial charge in [-0.2, -0.15) is 5.10 Å². The first kappa shape index (κ1) is 25.0. The molecule has 0 radical (unpaired) electrons. The molecule has 8 heteroatoms. The molecule has 3 rings (SSSR count). The number of carbonyl (C=O) groups is 1.